The molecule has 0 fully saturated rings. The highest BCUT2D eigenvalue weighted by Gasteiger charge is 2.17. The summed E-state index contributed by atoms with van der Waals surface area (Å²) in [5.74, 6) is -0.605. The van der Waals surface area contributed by atoms with E-state index in [-0.39, 0.29) is 19.3 Å². The highest BCUT2D eigenvalue weighted by molar-refractivity contribution is 7.52. The first-order valence-electron chi connectivity index (χ1n) is 3.25. The molecule has 0 aliphatic rings. The molecule has 0 aliphatic heterocycles. The molecule has 0 radical (unpaired) electrons. The lowest BCUT2D eigenvalue weighted by molar-refractivity contribution is -0.141. The summed E-state index contributed by atoms with van der Waals surface area (Å²) in [6.07, 6.45) is -0.213. The Balaban J connectivity index is 3.57. The summed E-state index contributed by atoms with van der Waals surface area (Å²) in [7, 11) is -2.44. The first-order valence-corrected chi connectivity index (χ1v) is 5.01. The maximum absolute atomic E-state index is 10.8. The molecule has 0 saturated carbocycles. The summed E-state index contributed by atoms with van der Waals surface area (Å²) < 4.78 is 19.5. The monoisotopic (exact) mass is 197 g/mol. The number of esters is 1. The van der Waals surface area contributed by atoms with Crippen LogP contribution in [-0.4, -0.2) is 37.3 Å². The van der Waals surface area contributed by atoms with Crippen molar-refractivity contribution in [2.45, 2.75) is 0 Å². The lowest BCUT2D eigenvalue weighted by Crippen LogP contribution is -2.18. The van der Waals surface area contributed by atoms with Gasteiger partial charge in [0.2, 0.25) is 0 Å². The molecule has 0 aliphatic carbocycles. The quantitative estimate of drug-likeness (QED) is 0.447. The highest BCUT2D eigenvalue weighted by Crippen LogP contribution is 2.39. The molecule has 72 valence electrons. The zero-order valence-corrected chi connectivity index (χ0v) is 7.62. The van der Waals surface area contributed by atoms with Gasteiger partial charge in [-0.3, -0.25) is 9.36 Å². The van der Waals surface area contributed by atoms with Crippen molar-refractivity contribution in [2.24, 2.45) is 5.73 Å². The summed E-state index contributed by atoms with van der Waals surface area (Å²) in [6.45, 7) is -0.389. The Hall–Kier alpha value is -0.420. The minimum Gasteiger partial charge on any atom is -0.464 e. The maximum Gasteiger partial charge on any atom is 0.331 e. The zero-order valence-electron chi connectivity index (χ0n) is 6.73. The van der Waals surface area contributed by atoms with Crippen molar-refractivity contribution in [1.82, 2.24) is 0 Å². The minimum absolute atomic E-state index is 0.155. The first kappa shape index (κ1) is 11.6. The molecular weight excluding hydrogens is 185 g/mol. The average molecular weight is 197 g/mol. The SMILES string of the molecule is COP(=O)(O)CCOC(=O)CN. The van der Waals surface area contributed by atoms with E-state index >= 15 is 0 Å². The lowest BCUT2D eigenvalue weighted by Gasteiger charge is -2.08. The van der Waals surface area contributed by atoms with Gasteiger partial charge in [-0.25, -0.2) is 0 Å². The van der Waals surface area contributed by atoms with Gasteiger partial charge in [0.15, 0.2) is 0 Å². The predicted molar refractivity (Wildman–Crippen MR) is 41.7 cm³/mol. The summed E-state index contributed by atoms with van der Waals surface area (Å²) in [5.41, 5.74) is 4.92. The van der Waals surface area contributed by atoms with Crippen LogP contribution in [0.4, 0.5) is 0 Å². The van der Waals surface area contributed by atoms with Crippen LogP contribution >= 0.6 is 7.60 Å². The smallest absolute Gasteiger partial charge is 0.331 e. The van der Waals surface area contributed by atoms with Crippen molar-refractivity contribution >= 4 is 13.6 Å². The van der Waals surface area contributed by atoms with E-state index in [2.05, 4.69) is 9.26 Å². The molecule has 0 aromatic rings. The zero-order chi connectivity index (χ0) is 9.61. The van der Waals surface area contributed by atoms with E-state index < -0.39 is 13.6 Å². The molecule has 12 heavy (non-hydrogen) atoms. The minimum atomic E-state index is -3.56. The molecule has 0 bridgehead atoms. The first-order chi connectivity index (χ1) is 5.52. The third kappa shape index (κ3) is 5.26. The lowest BCUT2D eigenvalue weighted by atomic mass is 10.7. The fourth-order valence-electron chi connectivity index (χ4n) is 0.425. The van der Waals surface area contributed by atoms with E-state index in [1.165, 1.54) is 0 Å². The van der Waals surface area contributed by atoms with Gasteiger partial charge in [-0.2, -0.15) is 0 Å². The van der Waals surface area contributed by atoms with Crippen LogP contribution in [-0.2, 0) is 18.6 Å². The van der Waals surface area contributed by atoms with Gasteiger partial charge in [0.05, 0.1) is 12.7 Å². The Morgan fingerprint density at radius 3 is 2.67 bits per heavy atom. The predicted octanol–water partition coefficient (Wildman–Crippen LogP) is -0.680. The van der Waals surface area contributed by atoms with Crippen LogP contribution in [0.15, 0.2) is 0 Å². The fourth-order valence-corrected chi connectivity index (χ4v) is 0.930. The summed E-state index contributed by atoms with van der Waals surface area (Å²) in [6, 6.07) is 0. The van der Waals surface area contributed by atoms with Gasteiger partial charge in [0.25, 0.3) is 0 Å². The van der Waals surface area contributed by atoms with Gasteiger partial charge >= 0.3 is 13.6 Å². The second kappa shape index (κ2) is 5.27. The highest BCUT2D eigenvalue weighted by atomic mass is 31.2. The number of carbonyl (C=O) groups excluding carboxylic acids is 1. The number of hydrogen-bond donors (Lipinski definition) is 2. The molecule has 3 N–H and O–H groups in total. The van der Waals surface area contributed by atoms with E-state index in [0.717, 1.165) is 7.11 Å². The third-order valence-corrected chi connectivity index (χ3v) is 2.41. The van der Waals surface area contributed by atoms with Crippen molar-refractivity contribution in [3.05, 3.63) is 0 Å². The van der Waals surface area contributed by atoms with Crippen molar-refractivity contribution in [3.8, 4) is 0 Å². The van der Waals surface area contributed by atoms with E-state index in [1.807, 2.05) is 0 Å². The fraction of sp³-hybridized carbons (Fsp3) is 0.800. The molecule has 0 saturated heterocycles. The van der Waals surface area contributed by atoms with Crippen LogP contribution in [0.25, 0.3) is 0 Å². The van der Waals surface area contributed by atoms with E-state index in [9.17, 15) is 9.36 Å². The number of nitrogens with two attached hydrogens (primary N) is 1. The summed E-state index contributed by atoms with van der Waals surface area (Å²) in [5, 5.41) is 0. The third-order valence-electron chi connectivity index (χ3n) is 1.09. The van der Waals surface area contributed by atoms with Crippen LogP contribution in [0.2, 0.25) is 0 Å². The molecule has 6 nitrogen and oxygen atoms in total. The van der Waals surface area contributed by atoms with E-state index in [4.69, 9.17) is 10.6 Å². The Labute approximate surface area is 70.2 Å². The van der Waals surface area contributed by atoms with Crippen molar-refractivity contribution in [2.75, 3.05) is 26.4 Å². The van der Waals surface area contributed by atoms with Crippen LogP contribution in [0.5, 0.6) is 0 Å². The van der Waals surface area contributed by atoms with Crippen LogP contribution < -0.4 is 5.73 Å². The van der Waals surface area contributed by atoms with Gasteiger partial charge in [-0.15, -0.1) is 0 Å². The Morgan fingerprint density at radius 2 is 2.25 bits per heavy atom. The van der Waals surface area contributed by atoms with E-state index in [0.29, 0.717) is 0 Å². The molecule has 7 heteroatoms. The molecule has 0 spiro atoms. The van der Waals surface area contributed by atoms with Gasteiger partial charge in [0, 0.05) is 7.11 Å². The average Bonchev–Trinajstić information content (AvgIpc) is 2.04. The summed E-state index contributed by atoms with van der Waals surface area (Å²) >= 11 is 0. The Bertz CT molecular complexity index is 194. The molecule has 0 aromatic carbocycles. The van der Waals surface area contributed by atoms with Gasteiger partial charge in [-0.1, -0.05) is 0 Å². The Kier molecular flexibility index (Phi) is 5.08. The van der Waals surface area contributed by atoms with Crippen molar-refractivity contribution in [3.63, 3.8) is 0 Å². The van der Waals surface area contributed by atoms with Gasteiger partial charge < -0.3 is 19.9 Å². The number of hydrogen-bond acceptors (Lipinski definition) is 5. The molecule has 0 rings (SSSR count). The number of ether oxygens (including phenoxy) is 1. The molecule has 0 amide bonds. The standard InChI is InChI=1S/C5H12NO5P/c1-10-12(8,9)3-2-11-5(7)4-6/h2-4,6H2,1H3,(H,8,9). The molecule has 1 atom stereocenters. The second-order valence-corrected chi connectivity index (χ2v) is 4.06. The summed E-state index contributed by atoms with van der Waals surface area (Å²) in [4.78, 5) is 19.2. The number of rotatable bonds is 5. The molecular formula is C5H12NO5P. The van der Waals surface area contributed by atoms with Gasteiger partial charge in [0.1, 0.15) is 6.61 Å². The molecule has 0 heterocycles. The largest absolute Gasteiger partial charge is 0.464 e. The van der Waals surface area contributed by atoms with Crippen molar-refractivity contribution in [1.29, 1.82) is 0 Å². The molecule has 1 unspecified atom stereocenters. The van der Waals surface area contributed by atoms with Crippen LogP contribution in [0.1, 0.15) is 0 Å². The maximum atomic E-state index is 10.8. The van der Waals surface area contributed by atoms with Crippen LogP contribution in [0, 0.1) is 0 Å². The van der Waals surface area contributed by atoms with Crippen LogP contribution in [0.3, 0.4) is 0 Å². The Morgan fingerprint density at radius 1 is 1.67 bits per heavy atom. The topological polar surface area (TPSA) is 98.9 Å². The second-order valence-electron chi connectivity index (χ2n) is 1.97. The van der Waals surface area contributed by atoms with Gasteiger partial charge in [-0.05, 0) is 0 Å². The number of carbonyl (C=O) groups is 1. The molecule has 0 aromatic heterocycles. The normalized spacial score (nSPS) is 15.2. The van der Waals surface area contributed by atoms with Crippen molar-refractivity contribution < 1.29 is 23.5 Å². The van der Waals surface area contributed by atoms with E-state index in [1.54, 1.807) is 0 Å².